The standard InChI is InChI=1S/C10H13N5O2S/c1-7(10-11-3-4-18-10)5-12-9-8(15(16)17)6-14(2)13-9/h3-4,6-7H,5H2,1-2H3,(H,12,13). The molecule has 1 atom stereocenters. The van der Waals surface area contributed by atoms with Gasteiger partial charge in [0, 0.05) is 31.1 Å². The van der Waals surface area contributed by atoms with E-state index >= 15 is 0 Å². The molecule has 2 aromatic rings. The maximum absolute atomic E-state index is 10.8. The van der Waals surface area contributed by atoms with E-state index in [1.165, 1.54) is 10.9 Å². The summed E-state index contributed by atoms with van der Waals surface area (Å²) in [7, 11) is 1.66. The Labute approximate surface area is 108 Å². The Morgan fingerprint density at radius 1 is 1.67 bits per heavy atom. The highest BCUT2D eigenvalue weighted by atomic mass is 32.1. The van der Waals surface area contributed by atoms with Crippen molar-refractivity contribution in [2.24, 2.45) is 7.05 Å². The van der Waals surface area contributed by atoms with Gasteiger partial charge in [-0.25, -0.2) is 4.98 Å². The van der Waals surface area contributed by atoms with Crippen molar-refractivity contribution in [2.75, 3.05) is 11.9 Å². The number of thiazole rings is 1. The van der Waals surface area contributed by atoms with Crippen LogP contribution in [-0.4, -0.2) is 26.2 Å². The average Bonchev–Trinajstić information content (AvgIpc) is 2.94. The topological polar surface area (TPSA) is 85.9 Å². The first-order chi connectivity index (χ1) is 8.58. The van der Waals surface area contributed by atoms with Gasteiger partial charge in [-0.3, -0.25) is 14.8 Å². The summed E-state index contributed by atoms with van der Waals surface area (Å²) in [4.78, 5) is 14.6. The number of nitrogens with one attached hydrogen (secondary N) is 1. The van der Waals surface area contributed by atoms with E-state index < -0.39 is 4.92 Å². The van der Waals surface area contributed by atoms with Gasteiger partial charge in [0.25, 0.3) is 0 Å². The number of anilines is 1. The molecule has 0 saturated carbocycles. The molecule has 0 aliphatic heterocycles. The summed E-state index contributed by atoms with van der Waals surface area (Å²) in [6.07, 6.45) is 3.14. The van der Waals surface area contributed by atoms with E-state index in [1.54, 1.807) is 24.6 Å². The number of nitro groups is 1. The number of hydrogen-bond acceptors (Lipinski definition) is 6. The van der Waals surface area contributed by atoms with Gasteiger partial charge in [0.05, 0.1) is 9.93 Å². The third-order valence-electron chi connectivity index (χ3n) is 2.45. The lowest BCUT2D eigenvalue weighted by molar-refractivity contribution is -0.384. The molecule has 18 heavy (non-hydrogen) atoms. The lowest BCUT2D eigenvalue weighted by Gasteiger charge is -2.08. The summed E-state index contributed by atoms with van der Waals surface area (Å²) in [6, 6.07) is 0. The average molecular weight is 267 g/mol. The van der Waals surface area contributed by atoms with E-state index in [0.717, 1.165) is 5.01 Å². The van der Waals surface area contributed by atoms with Crippen LogP contribution in [0.2, 0.25) is 0 Å². The van der Waals surface area contributed by atoms with Gasteiger partial charge in [0.15, 0.2) is 0 Å². The zero-order valence-corrected chi connectivity index (χ0v) is 10.8. The van der Waals surface area contributed by atoms with Crippen molar-refractivity contribution in [3.05, 3.63) is 32.9 Å². The van der Waals surface area contributed by atoms with Crippen LogP contribution in [0, 0.1) is 10.1 Å². The smallest absolute Gasteiger partial charge is 0.330 e. The molecule has 0 fully saturated rings. The summed E-state index contributed by atoms with van der Waals surface area (Å²) in [6.45, 7) is 2.58. The van der Waals surface area contributed by atoms with Crippen molar-refractivity contribution >= 4 is 22.8 Å². The van der Waals surface area contributed by atoms with E-state index in [9.17, 15) is 10.1 Å². The molecule has 0 saturated heterocycles. The summed E-state index contributed by atoms with van der Waals surface area (Å²) >= 11 is 1.57. The van der Waals surface area contributed by atoms with Crippen LogP contribution < -0.4 is 5.32 Å². The summed E-state index contributed by atoms with van der Waals surface area (Å²) < 4.78 is 1.43. The predicted octanol–water partition coefficient (Wildman–Crippen LogP) is 2.00. The Bertz CT molecular complexity index is 536. The molecule has 0 aliphatic rings. The fourth-order valence-corrected chi connectivity index (χ4v) is 2.25. The monoisotopic (exact) mass is 267 g/mol. The van der Waals surface area contributed by atoms with E-state index in [-0.39, 0.29) is 11.6 Å². The molecule has 0 aromatic carbocycles. The van der Waals surface area contributed by atoms with Gasteiger partial charge in [-0.05, 0) is 0 Å². The maximum atomic E-state index is 10.8. The van der Waals surface area contributed by atoms with Crippen LogP contribution in [-0.2, 0) is 7.05 Å². The molecule has 2 rings (SSSR count). The van der Waals surface area contributed by atoms with Gasteiger partial charge in [-0.2, -0.15) is 0 Å². The predicted molar refractivity (Wildman–Crippen MR) is 68.9 cm³/mol. The molecular weight excluding hydrogens is 254 g/mol. The molecule has 0 radical (unpaired) electrons. The van der Waals surface area contributed by atoms with Gasteiger partial charge in [-0.1, -0.05) is 6.92 Å². The summed E-state index contributed by atoms with van der Waals surface area (Å²) in [5, 5.41) is 20.8. The Hall–Kier alpha value is -1.96. The molecule has 2 aromatic heterocycles. The normalized spacial score (nSPS) is 12.3. The Balaban J connectivity index is 2.04. The number of rotatable bonds is 5. The summed E-state index contributed by atoms with van der Waals surface area (Å²) in [5.74, 6) is 0.484. The van der Waals surface area contributed by atoms with E-state index in [1.807, 2.05) is 12.3 Å². The Kier molecular flexibility index (Phi) is 3.56. The van der Waals surface area contributed by atoms with Crippen LogP contribution in [0.4, 0.5) is 11.5 Å². The highest BCUT2D eigenvalue weighted by Gasteiger charge is 2.19. The third kappa shape index (κ3) is 2.65. The van der Waals surface area contributed by atoms with E-state index in [2.05, 4.69) is 15.4 Å². The molecule has 0 bridgehead atoms. The molecular formula is C10H13N5O2S. The van der Waals surface area contributed by atoms with Crippen LogP contribution in [0.15, 0.2) is 17.8 Å². The molecule has 7 nitrogen and oxygen atoms in total. The molecule has 96 valence electrons. The highest BCUT2D eigenvalue weighted by Crippen LogP contribution is 2.23. The lowest BCUT2D eigenvalue weighted by Crippen LogP contribution is -2.11. The molecule has 8 heteroatoms. The second-order valence-electron chi connectivity index (χ2n) is 3.95. The second kappa shape index (κ2) is 5.13. The van der Waals surface area contributed by atoms with Gasteiger partial charge in [0.2, 0.25) is 5.82 Å². The molecule has 1 N–H and O–H groups in total. The first-order valence-electron chi connectivity index (χ1n) is 5.39. The Morgan fingerprint density at radius 2 is 2.44 bits per heavy atom. The van der Waals surface area contributed by atoms with Crippen molar-refractivity contribution in [1.82, 2.24) is 14.8 Å². The van der Waals surface area contributed by atoms with Crippen LogP contribution in [0.5, 0.6) is 0 Å². The largest absolute Gasteiger partial charge is 0.362 e. The van der Waals surface area contributed by atoms with Gasteiger partial charge in [0.1, 0.15) is 6.20 Å². The van der Waals surface area contributed by atoms with Crippen LogP contribution >= 0.6 is 11.3 Å². The quantitative estimate of drug-likeness (QED) is 0.661. The van der Waals surface area contributed by atoms with Crippen molar-refractivity contribution < 1.29 is 4.92 Å². The molecule has 0 amide bonds. The fourth-order valence-electron chi connectivity index (χ4n) is 1.55. The molecule has 2 heterocycles. The van der Waals surface area contributed by atoms with Crippen LogP contribution in [0.3, 0.4) is 0 Å². The first-order valence-corrected chi connectivity index (χ1v) is 6.27. The van der Waals surface area contributed by atoms with E-state index in [4.69, 9.17) is 0 Å². The second-order valence-corrected chi connectivity index (χ2v) is 4.87. The SMILES string of the molecule is CC(CNc1nn(C)cc1[N+](=O)[O-])c1nccs1. The first kappa shape index (κ1) is 12.5. The summed E-state index contributed by atoms with van der Waals surface area (Å²) in [5.41, 5.74) is -0.0103. The van der Waals surface area contributed by atoms with Gasteiger partial charge >= 0.3 is 5.69 Å². The highest BCUT2D eigenvalue weighted by molar-refractivity contribution is 7.09. The minimum absolute atomic E-state index is 0.0103. The van der Waals surface area contributed by atoms with Crippen molar-refractivity contribution in [2.45, 2.75) is 12.8 Å². The lowest BCUT2D eigenvalue weighted by atomic mass is 10.2. The van der Waals surface area contributed by atoms with Crippen molar-refractivity contribution in [3.8, 4) is 0 Å². The maximum Gasteiger partial charge on any atom is 0.330 e. The molecule has 0 aliphatic carbocycles. The molecule has 1 unspecified atom stereocenters. The van der Waals surface area contributed by atoms with Crippen LogP contribution in [0.25, 0.3) is 0 Å². The number of aromatic nitrogens is 3. The third-order valence-corrected chi connectivity index (χ3v) is 3.46. The van der Waals surface area contributed by atoms with Gasteiger partial charge in [-0.15, -0.1) is 16.4 Å². The molecule has 0 spiro atoms. The number of hydrogen-bond donors (Lipinski definition) is 1. The minimum atomic E-state index is -0.441. The zero-order valence-electron chi connectivity index (χ0n) is 10.0. The number of aryl methyl sites for hydroxylation is 1. The zero-order chi connectivity index (χ0) is 13.1. The van der Waals surface area contributed by atoms with Crippen molar-refractivity contribution in [3.63, 3.8) is 0 Å². The van der Waals surface area contributed by atoms with Crippen LogP contribution in [0.1, 0.15) is 17.8 Å². The van der Waals surface area contributed by atoms with Crippen molar-refractivity contribution in [1.29, 1.82) is 0 Å². The fraction of sp³-hybridized carbons (Fsp3) is 0.400. The van der Waals surface area contributed by atoms with E-state index in [0.29, 0.717) is 12.4 Å². The minimum Gasteiger partial charge on any atom is -0.362 e. The Morgan fingerprint density at radius 3 is 3.06 bits per heavy atom. The van der Waals surface area contributed by atoms with Gasteiger partial charge < -0.3 is 5.32 Å². The number of nitrogens with zero attached hydrogens (tertiary/aromatic N) is 4.